The number of aromatic nitrogens is 1. The van der Waals surface area contributed by atoms with E-state index in [0.717, 1.165) is 11.6 Å². The van der Waals surface area contributed by atoms with E-state index >= 15 is 0 Å². The zero-order chi connectivity index (χ0) is 9.10. The minimum atomic E-state index is 0.311. The molecule has 2 N–H and O–H groups in total. The Morgan fingerprint density at radius 2 is 2.31 bits per heavy atom. The molecule has 2 atom stereocenters. The molecular formula is C9H14N2OS. The summed E-state index contributed by atoms with van der Waals surface area (Å²) in [6.07, 6.45) is 8.16. The molecule has 1 saturated carbocycles. The van der Waals surface area contributed by atoms with Gasteiger partial charge in [-0.25, -0.2) is 4.98 Å². The second kappa shape index (κ2) is 4.15. The maximum absolute atomic E-state index is 6.01. The minimum Gasteiger partial charge on any atom is -0.440 e. The molecule has 1 fully saturated rings. The van der Waals surface area contributed by atoms with Gasteiger partial charge in [-0.3, -0.25) is 0 Å². The molecule has 1 aromatic rings. The summed E-state index contributed by atoms with van der Waals surface area (Å²) >= 11 is 1.68. The third kappa shape index (κ3) is 2.25. The van der Waals surface area contributed by atoms with Gasteiger partial charge in [-0.1, -0.05) is 24.6 Å². The van der Waals surface area contributed by atoms with Gasteiger partial charge in [0.25, 0.3) is 5.22 Å². The summed E-state index contributed by atoms with van der Waals surface area (Å²) in [7, 11) is 0. The monoisotopic (exact) mass is 198 g/mol. The summed E-state index contributed by atoms with van der Waals surface area (Å²) in [6.45, 7) is 0. The van der Waals surface area contributed by atoms with Crippen LogP contribution in [-0.2, 0) is 0 Å². The number of thioether (sulfide) groups is 1. The number of nitrogens with zero attached hydrogens (tertiary/aromatic N) is 1. The average molecular weight is 198 g/mol. The van der Waals surface area contributed by atoms with Gasteiger partial charge in [0.15, 0.2) is 0 Å². The molecule has 1 aliphatic carbocycles. The van der Waals surface area contributed by atoms with Crippen LogP contribution in [0.5, 0.6) is 0 Å². The topological polar surface area (TPSA) is 52.0 Å². The van der Waals surface area contributed by atoms with Crippen LogP contribution in [0.2, 0.25) is 0 Å². The fourth-order valence-electron chi connectivity index (χ4n) is 1.67. The fraction of sp³-hybridized carbons (Fsp3) is 0.667. The standard InChI is InChI=1S/C9H14N2OS/c10-7-3-1-2-4-8(7)13-9-11-5-6-12-9/h5-8H,1-4,10H2. The van der Waals surface area contributed by atoms with Gasteiger partial charge in [0, 0.05) is 11.3 Å². The molecule has 3 nitrogen and oxygen atoms in total. The largest absolute Gasteiger partial charge is 0.440 e. The van der Waals surface area contributed by atoms with E-state index in [4.69, 9.17) is 10.2 Å². The summed E-state index contributed by atoms with van der Waals surface area (Å²) in [5.74, 6) is 0. The van der Waals surface area contributed by atoms with Crippen molar-refractivity contribution >= 4 is 11.8 Å². The van der Waals surface area contributed by atoms with E-state index < -0.39 is 0 Å². The smallest absolute Gasteiger partial charge is 0.255 e. The Balaban J connectivity index is 1.93. The van der Waals surface area contributed by atoms with Crippen molar-refractivity contribution in [2.75, 3.05) is 0 Å². The third-order valence-corrected chi connectivity index (χ3v) is 3.71. The Morgan fingerprint density at radius 3 is 3.00 bits per heavy atom. The number of rotatable bonds is 2. The molecular weight excluding hydrogens is 184 g/mol. The molecule has 1 heterocycles. The van der Waals surface area contributed by atoms with E-state index in [-0.39, 0.29) is 0 Å². The highest BCUT2D eigenvalue weighted by Gasteiger charge is 2.23. The predicted octanol–water partition coefficient (Wildman–Crippen LogP) is 2.04. The van der Waals surface area contributed by atoms with Gasteiger partial charge in [0.1, 0.15) is 6.26 Å². The Hall–Kier alpha value is -0.480. The Bertz CT molecular complexity index is 250. The van der Waals surface area contributed by atoms with Crippen LogP contribution in [0.15, 0.2) is 22.1 Å². The van der Waals surface area contributed by atoms with Gasteiger partial charge in [-0.15, -0.1) is 0 Å². The first-order valence-corrected chi connectivity index (χ1v) is 5.56. The van der Waals surface area contributed by atoms with Gasteiger partial charge < -0.3 is 10.2 Å². The van der Waals surface area contributed by atoms with E-state index in [1.54, 1.807) is 24.2 Å². The maximum Gasteiger partial charge on any atom is 0.255 e. The number of nitrogens with two attached hydrogens (primary N) is 1. The summed E-state index contributed by atoms with van der Waals surface area (Å²) < 4.78 is 5.18. The van der Waals surface area contributed by atoms with E-state index in [9.17, 15) is 0 Å². The van der Waals surface area contributed by atoms with Crippen molar-refractivity contribution in [2.45, 2.75) is 42.2 Å². The number of hydrogen-bond donors (Lipinski definition) is 1. The van der Waals surface area contributed by atoms with Gasteiger partial charge in [0.05, 0.1) is 6.20 Å². The second-order valence-corrected chi connectivity index (χ2v) is 4.59. The van der Waals surface area contributed by atoms with Crippen LogP contribution >= 0.6 is 11.8 Å². The van der Waals surface area contributed by atoms with Gasteiger partial charge in [-0.05, 0) is 12.8 Å². The highest BCUT2D eigenvalue weighted by molar-refractivity contribution is 7.99. The maximum atomic E-state index is 6.01. The molecule has 0 amide bonds. The minimum absolute atomic E-state index is 0.311. The normalized spacial score (nSPS) is 29.0. The summed E-state index contributed by atoms with van der Waals surface area (Å²) in [5.41, 5.74) is 6.01. The Labute approximate surface area is 82.1 Å². The lowest BCUT2D eigenvalue weighted by molar-refractivity contribution is 0.432. The highest BCUT2D eigenvalue weighted by Crippen LogP contribution is 2.31. The van der Waals surface area contributed by atoms with Crippen LogP contribution < -0.4 is 5.73 Å². The quantitative estimate of drug-likeness (QED) is 0.790. The zero-order valence-corrected chi connectivity index (χ0v) is 8.30. The van der Waals surface area contributed by atoms with Gasteiger partial charge in [0.2, 0.25) is 0 Å². The molecule has 0 radical (unpaired) electrons. The molecule has 2 rings (SSSR count). The number of oxazole rings is 1. The molecule has 1 aliphatic rings. The molecule has 2 unspecified atom stereocenters. The zero-order valence-electron chi connectivity index (χ0n) is 7.48. The average Bonchev–Trinajstić information content (AvgIpc) is 2.61. The van der Waals surface area contributed by atoms with Crippen LogP contribution in [-0.4, -0.2) is 16.3 Å². The lowest BCUT2D eigenvalue weighted by atomic mass is 9.96. The van der Waals surface area contributed by atoms with E-state index in [1.807, 2.05) is 0 Å². The molecule has 0 aliphatic heterocycles. The van der Waals surface area contributed by atoms with Crippen LogP contribution in [0.25, 0.3) is 0 Å². The molecule has 1 aromatic heterocycles. The van der Waals surface area contributed by atoms with E-state index in [2.05, 4.69) is 4.98 Å². The van der Waals surface area contributed by atoms with Crippen molar-refractivity contribution in [3.8, 4) is 0 Å². The van der Waals surface area contributed by atoms with Crippen LogP contribution in [0.3, 0.4) is 0 Å². The molecule has 0 spiro atoms. The lowest BCUT2D eigenvalue weighted by Crippen LogP contribution is -2.35. The Morgan fingerprint density at radius 1 is 1.46 bits per heavy atom. The molecule has 13 heavy (non-hydrogen) atoms. The first kappa shape index (κ1) is 9.09. The SMILES string of the molecule is NC1CCCCC1Sc1ncco1. The Kier molecular flexibility index (Phi) is 2.90. The van der Waals surface area contributed by atoms with Gasteiger partial charge in [-0.2, -0.15) is 0 Å². The first-order chi connectivity index (χ1) is 6.36. The molecule has 0 saturated heterocycles. The summed E-state index contributed by atoms with van der Waals surface area (Å²) in [4.78, 5) is 4.09. The molecule has 72 valence electrons. The molecule has 4 heteroatoms. The first-order valence-electron chi connectivity index (χ1n) is 4.68. The van der Waals surface area contributed by atoms with Crippen LogP contribution in [0.4, 0.5) is 0 Å². The molecule has 0 aromatic carbocycles. The van der Waals surface area contributed by atoms with E-state index in [0.29, 0.717) is 11.3 Å². The third-order valence-electron chi connectivity index (χ3n) is 2.42. The fourth-order valence-corrected chi connectivity index (χ4v) is 2.76. The van der Waals surface area contributed by atoms with Gasteiger partial charge >= 0.3 is 0 Å². The summed E-state index contributed by atoms with van der Waals surface area (Å²) in [6, 6.07) is 0.311. The van der Waals surface area contributed by atoms with Crippen LogP contribution in [0.1, 0.15) is 25.7 Å². The van der Waals surface area contributed by atoms with Crippen molar-refractivity contribution in [3.63, 3.8) is 0 Å². The van der Waals surface area contributed by atoms with Crippen molar-refractivity contribution in [2.24, 2.45) is 5.73 Å². The lowest BCUT2D eigenvalue weighted by Gasteiger charge is -2.26. The second-order valence-electron chi connectivity index (χ2n) is 3.40. The van der Waals surface area contributed by atoms with Crippen molar-refractivity contribution in [1.29, 1.82) is 0 Å². The highest BCUT2D eigenvalue weighted by atomic mass is 32.2. The predicted molar refractivity (Wildman–Crippen MR) is 52.6 cm³/mol. The van der Waals surface area contributed by atoms with Crippen molar-refractivity contribution in [3.05, 3.63) is 12.5 Å². The van der Waals surface area contributed by atoms with Crippen LogP contribution in [0, 0.1) is 0 Å². The van der Waals surface area contributed by atoms with E-state index in [1.165, 1.54) is 19.3 Å². The van der Waals surface area contributed by atoms with Crippen molar-refractivity contribution < 1.29 is 4.42 Å². The van der Waals surface area contributed by atoms with Crippen molar-refractivity contribution in [1.82, 2.24) is 4.98 Å². The number of hydrogen-bond acceptors (Lipinski definition) is 4. The summed E-state index contributed by atoms with van der Waals surface area (Å²) in [5, 5.41) is 1.25. The molecule has 0 bridgehead atoms.